The minimum atomic E-state index is -0.729. The third-order valence-corrected chi connectivity index (χ3v) is 8.33. The van der Waals surface area contributed by atoms with E-state index in [2.05, 4.69) is 48.7 Å². The molecule has 0 radical (unpaired) electrons. The fourth-order valence-corrected chi connectivity index (χ4v) is 7.15. The van der Waals surface area contributed by atoms with E-state index in [1.54, 1.807) is 0 Å². The van der Waals surface area contributed by atoms with Gasteiger partial charge in [-0.3, -0.25) is 9.59 Å². The van der Waals surface area contributed by atoms with Crippen molar-refractivity contribution in [2.75, 3.05) is 11.9 Å². The van der Waals surface area contributed by atoms with E-state index in [1.807, 2.05) is 4.90 Å². The Morgan fingerprint density at radius 2 is 1.96 bits per heavy atom. The minimum Gasteiger partial charge on any atom is -0.381 e. The van der Waals surface area contributed by atoms with Gasteiger partial charge in [-0.1, -0.05) is 32.0 Å². The number of para-hydroxylation sites is 1. The van der Waals surface area contributed by atoms with Crippen LogP contribution >= 0.6 is 0 Å². The summed E-state index contributed by atoms with van der Waals surface area (Å²) < 4.78 is 0. The molecule has 2 unspecified atom stereocenters. The SMILES string of the molecule is CC1(C)C2Nc3ccccc3C2C[C@]23NC(=O)[C@@]4(CCCN4C2=O)C[C@H]13. The van der Waals surface area contributed by atoms with Gasteiger partial charge in [-0.05, 0) is 42.7 Å². The summed E-state index contributed by atoms with van der Waals surface area (Å²) in [5.74, 6) is 0.716. The first-order valence-electron chi connectivity index (χ1n) is 9.90. The van der Waals surface area contributed by atoms with E-state index in [4.69, 9.17) is 0 Å². The Morgan fingerprint density at radius 3 is 2.81 bits per heavy atom. The van der Waals surface area contributed by atoms with Gasteiger partial charge >= 0.3 is 0 Å². The first kappa shape index (κ1) is 15.1. The second-order valence-corrected chi connectivity index (χ2v) is 9.62. The number of nitrogens with one attached hydrogen (secondary N) is 2. The highest BCUT2D eigenvalue weighted by Crippen LogP contribution is 2.64. The molecule has 2 amide bonds. The van der Waals surface area contributed by atoms with E-state index in [1.165, 1.54) is 11.3 Å². The van der Waals surface area contributed by atoms with E-state index in [0.29, 0.717) is 12.5 Å². The van der Waals surface area contributed by atoms with Gasteiger partial charge in [-0.25, -0.2) is 0 Å². The van der Waals surface area contributed by atoms with Gasteiger partial charge < -0.3 is 15.5 Å². The highest BCUT2D eigenvalue weighted by Gasteiger charge is 2.74. The summed E-state index contributed by atoms with van der Waals surface area (Å²) in [7, 11) is 0. The van der Waals surface area contributed by atoms with Crippen molar-refractivity contribution >= 4 is 17.5 Å². The zero-order valence-electron chi connectivity index (χ0n) is 15.3. The van der Waals surface area contributed by atoms with Crippen LogP contribution in [-0.4, -0.2) is 40.4 Å². The summed E-state index contributed by atoms with van der Waals surface area (Å²) in [5, 5.41) is 7.05. The van der Waals surface area contributed by atoms with Crippen LogP contribution in [0.25, 0.3) is 0 Å². The van der Waals surface area contributed by atoms with Crippen molar-refractivity contribution in [1.29, 1.82) is 0 Å². The third kappa shape index (κ3) is 1.40. The number of hydrogen-bond donors (Lipinski definition) is 2. The summed E-state index contributed by atoms with van der Waals surface area (Å²) in [6, 6.07) is 8.77. The molecule has 136 valence electrons. The Hall–Kier alpha value is -2.04. The first-order valence-corrected chi connectivity index (χ1v) is 9.90. The Morgan fingerprint density at radius 1 is 1.15 bits per heavy atom. The third-order valence-electron chi connectivity index (χ3n) is 8.33. The van der Waals surface area contributed by atoms with Gasteiger partial charge in [0.15, 0.2) is 0 Å². The van der Waals surface area contributed by atoms with Crippen molar-refractivity contribution in [3.05, 3.63) is 29.8 Å². The van der Waals surface area contributed by atoms with Gasteiger partial charge in [-0.15, -0.1) is 0 Å². The fourth-order valence-electron chi connectivity index (χ4n) is 7.15. The topological polar surface area (TPSA) is 61.4 Å². The summed E-state index contributed by atoms with van der Waals surface area (Å²) in [6.45, 7) is 5.33. The molecule has 1 saturated carbocycles. The number of anilines is 1. The van der Waals surface area contributed by atoms with Gasteiger partial charge in [0.05, 0.1) is 0 Å². The van der Waals surface area contributed by atoms with Gasteiger partial charge in [0.2, 0.25) is 11.8 Å². The van der Waals surface area contributed by atoms with Crippen LogP contribution in [-0.2, 0) is 9.59 Å². The van der Waals surface area contributed by atoms with E-state index < -0.39 is 11.1 Å². The predicted octanol–water partition coefficient (Wildman–Crippen LogP) is 2.24. The van der Waals surface area contributed by atoms with E-state index in [-0.39, 0.29) is 29.1 Å². The first-order chi connectivity index (χ1) is 12.4. The molecule has 5 aliphatic heterocycles. The second-order valence-electron chi connectivity index (χ2n) is 9.62. The largest absolute Gasteiger partial charge is 0.381 e. The number of piperazine rings is 1. The molecule has 26 heavy (non-hydrogen) atoms. The van der Waals surface area contributed by atoms with E-state index in [0.717, 1.165) is 25.8 Å². The van der Waals surface area contributed by atoms with Gasteiger partial charge in [0.25, 0.3) is 0 Å². The standard InChI is InChI=1S/C21H25N3O2/c1-19(2)15-11-20-8-5-9-24(20)18(26)21(15,23-17(20)25)10-13-12-6-3-4-7-14(12)22-16(13)19/h3-4,6-7,13,15-16,22H,5,8-11H2,1-2H3,(H,23,25)/t13?,15-,16?,20-,21-/m1/s1. The lowest BCUT2D eigenvalue weighted by atomic mass is 9.48. The van der Waals surface area contributed by atoms with Crippen LogP contribution in [0.2, 0.25) is 0 Å². The van der Waals surface area contributed by atoms with Crippen molar-refractivity contribution in [3.8, 4) is 0 Å². The number of benzene rings is 1. The number of fused-ring (bicyclic) bond motifs is 4. The van der Waals surface area contributed by atoms with Crippen molar-refractivity contribution in [2.45, 2.75) is 62.6 Å². The molecule has 2 bridgehead atoms. The summed E-state index contributed by atoms with van der Waals surface area (Å²) in [5.41, 5.74) is 1.10. The number of carbonyl (C=O) groups excluding carboxylic acids is 2. The molecule has 2 spiro atoms. The smallest absolute Gasteiger partial charge is 0.249 e. The molecular weight excluding hydrogens is 326 g/mol. The van der Waals surface area contributed by atoms with E-state index >= 15 is 0 Å². The highest BCUT2D eigenvalue weighted by atomic mass is 16.2. The molecule has 0 aromatic heterocycles. The van der Waals surface area contributed by atoms with Crippen molar-refractivity contribution in [2.24, 2.45) is 11.3 Å². The van der Waals surface area contributed by atoms with Gasteiger partial charge in [0.1, 0.15) is 11.1 Å². The maximum Gasteiger partial charge on any atom is 0.249 e. The molecule has 1 aromatic rings. The Labute approximate surface area is 153 Å². The monoisotopic (exact) mass is 351 g/mol. The van der Waals surface area contributed by atoms with Crippen LogP contribution in [0, 0.1) is 11.3 Å². The number of amides is 2. The molecule has 2 N–H and O–H groups in total. The Kier molecular flexibility index (Phi) is 2.47. The van der Waals surface area contributed by atoms with Crippen LogP contribution in [0.5, 0.6) is 0 Å². The predicted molar refractivity (Wildman–Crippen MR) is 97.7 cm³/mol. The van der Waals surface area contributed by atoms with Crippen molar-refractivity contribution < 1.29 is 9.59 Å². The normalized spacial score (nSPS) is 43.9. The molecule has 1 aliphatic carbocycles. The zero-order valence-corrected chi connectivity index (χ0v) is 15.3. The molecule has 5 heterocycles. The molecule has 5 fully saturated rings. The number of rotatable bonds is 0. The van der Waals surface area contributed by atoms with Crippen LogP contribution in [0.15, 0.2) is 24.3 Å². The molecule has 5 atom stereocenters. The van der Waals surface area contributed by atoms with Gasteiger partial charge in [-0.2, -0.15) is 0 Å². The molecule has 1 aromatic carbocycles. The van der Waals surface area contributed by atoms with E-state index in [9.17, 15) is 9.59 Å². The zero-order chi connectivity index (χ0) is 17.9. The molecule has 5 heteroatoms. The van der Waals surface area contributed by atoms with Crippen LogP contribution in [0.4, 0.5) is 5.69 Å². The lowest BCUT2D eigenvalue weighted by molar-refractivity contribution is -0.187. The van der Waals surface area contributed by atoms with Gasteiger partial charge in [0, 0.05) is 30.1 Å². The second kappa shape index (κ2) is 4.26. The number of carbonyl (C=O) groups is 2. The average molecular weight is 351 g/mol. The van der Waals surface area contributed by atoms with Crippen molar-refractivity contribution in [1.82, 2.24) is 10.2 Å². The lowest BCUT2D eigenvalue weighted by Gasteiger charge is -2.66. The Balaban J connectivity index is 1.54. The number of piperidine rings is 2. The molecule has 7 rings (SSSR count). The summed E-state index contributed by atoms with van der Waals surface area (Å²) in [4.78, 5) is 28.7. The molecule has 4 saturated heterocycles. The fraction of sp³-hybridized carbons (Fsp3) is 0.619. The summed E-state index contributed by atoms with van der Waals surface area (Å²) >= 11 is 0. The Bertz CT molecular complexity index is 865. The highest BCUT2D eigenvalue weighted by molar-refractivity contribution is 6.05. The maximum atomic E-state index is 13.6. The van der Waals surface area contributed by atoms with Crippen LogP contribution < -0.4 is 10.6 Å². The number of nitrogens with zero attached hydrogens (tertiary/aromatic N) is 1. The van der Waals surface area contributed by atoms with Crippen molar-refractivity contribution in [3.63, 3.8) is 0 Å². The van der Waals surface area contributed by atoms with Crippen LogP contribution in [0.3, 0.4) is 0 Å². The average Bonchev–Trinajstić information content (AvgIpc) is 3.20. The minimum absolute atomic E-state index is 0.0764. The molecule has 5 nitrogen and oxygen atoms in total. The lowest BCUT2D eigenvalue weighted by Crippen LogP contribution is -2.85. The number of hydrogen-bond acceptors (Lipinski definition) is 3. The molecular formula is C21H25N3O2. The summed E-state index contributed by atoms with van der Waals surface area (Å²) in [6.07, 6.45) is 3.29. The quantitative estimate of drug-likeness (QED) is 0.754. The van der Waals surface area contributed by atoms with Crippen LogP contribution in [0.1, 0.15) is 51.0 Å². The molecule has 6 aliphatic rings. The maximum absolute atomic E-state index is 13.6.